The lowest BCUT2D eigenvalue weighted by Gasteiger charge is -2.29. The second-order valence-electron chi connectivity index (χ2n) is 6.21. The highest BCUT2D eigenvalue weighted by molar-refractivity contribution is 6.10. The average molecular weight is 345 g/mol. The number of rotatable bonds is 4. The summed E-state index contributed by atoms with van der Waals surface area (Å²) in [7, 11) is 0. The van der Waals surface area contributed by atoms with Crippen LogP contribution in [0.25, 0.3) is 0 Å². The van der Waals surface area contributed by atoms with Gasteiger partial charge in [0.2, 0.25) is 17.7 Å². The first kappa shape index (κ1) is 16.9. The third-order valence-corrected chi connectivity index (χ3v) is 4.51. The number of anilines is 2. The Balaban J connectivity index is 1.59. The van der Waals surface area contributed by atoms with Crippen LogP contribution in [0.1, 0.15) is 19.3 Å². The van der Waals surface area contributed by atoms with Crippen molar-refractivity contribution in [3.8, 4) is 0 Å². The van der Waals surface area contributed by atoms with Gasteiger partial charge in [-0.25, -0.2) is 0 Å². The predicted molar refractivity (Wildman–Crippen MR) is 89.0 cm³/mol. The molecule has 0 spiro atoms. The van der Waals surface area contributed by atoms with E-state index in [1.54, 1.807) is 24.3 Å². The molecule has 2 heterocycles. The van der Waals surface area contributed by atoms with Crippen molar-refractivity contribution in [2.45, 2.75) is 19.3 Å². The summed E-state index contributed by atoms with van der Waals surface area (Å²) in [5.41, 5.74) is 1.19. The normalized spacial score (nSPS) is 19.4. The monoisotopic (exact) mass is 345 g/mol. The van der Waals surface area contributed by atoms with E-state index in [0.29, 0.717) is 24.3 Å². The van der Waals surface area contributed by atoms with E-state index in [4.69, 9.17) is 5.11 Å². The van der Waals surface area contributed by atoms with Gasteiger partial charge in [0.1, 0.15) is 6.54 Å². The van der Waals surface area contributed by atoms with Crippen molar-refractivity contribution in [2.24, 2.45) is 5.92 Å². The molecule has 1 fully saturated rings. The highest BCUT2D eigenvalue weighted by atomic mass is 16.4. The van der Waals surface area contributed by atoms with Crippen molar-refractivity contribution in [1.29, 1.82) is 0 Å². The van der Waals surface area contributed by atoms with Gasteiger partial charge in [0, 0.05) is 25.9 Å². The molecule has 2 N–H and O–H groups in total. The van der Waals surface area contributed by atoms with E-state index in [2.05, 4.69) is 5.32 Å². The van der Waals surface area contributed by atoms with Crippen LogP contribution in [0.3, 0.4) is 0 Å². The van der Waals surface area contributed by atoms with E-state index in [9.17, 15) is 19.2 Å². The lowest BCUT2D eigenvalue weighted by molar-refractivity contribution is -0.141. The fourth-order valence-corrected chi connectivity index (χ4v) is 3.15. The summed E-state index contributed by atoms with van der Waals surface area (Å²) >= 11 is 0. The number of fused-ring (bicyclic) bond motifs is 1. The van der Waals surface area contributed by atoms with E-state index in [1.165, 1.54) is 9.80 Å². The van der Waals surface area contributed by atoms with Crippen LogP contribution >= 0.6 is 0 Å². The highest BCUT2D eigenvalue weighted by Crippen LogP contribution is 2.29. The highest BCUT2D eigenvalue weighted by Gasteiger charge is 2.32. The summed E-state index contributed by atoms with van der Waals surface area (Å²) in [5, 5.41) is 11.7. The largest absolute Gasteiger partial charge is 0.481 e. The van der Waals surface area contributed by atoms with Crippen molar-refractivity contribution in [1.82, 2.24) is 4.90 Å². The van der Waals surface area contributed by atoms with E-state index < -0.39 is 11.9 Å². The summed E-state index contributed by atoms with van der Waals surface area (Å²) in [4.78, 5) is 50.2. The molecular weight excluding hydrogens is 326 g/mol. The fourth-order valence-electron chi connectivity index (χ4n) is 3.15. The van der Waals surface area contributed by atoms with Crippen LogP contribution in [0.15, 0.2) is 24.3 Å². The van der Waals surface area contributed by atoms with Crippen molar-refractivity contribution >= 4 is 35.1 Å². The van der Waals surface area contributed by atoms with Gasteiger partial charge >= 0.3 is 5.97 Å². The zero-order valence-corrected chi connectivity index (χ0v) is 13.6. The quantitative estimate of drug-likeness (QED) is 0.835. The van der Waals surface area contributed by atoms with Crippen molar-refractivity contribution in [2.75, 3.05) is 29.9 Å². The molecule has 0 bridgehead atoms. The van der Waals surface area contributed by atoms with E-state index in [1.807, 2.05) is 0 Å². The topological polar surface area (TPSA) is 107 Å². The molecule has 1 atom stereocenters. The first-order valence-corrected chi connectivity index (χ1v) is 8.15. The number of carboxylic acids is 1. The van der Waals surface area contributed by atoms with E-state index in [-0.39, 0.29) is 43.7 Å². The zero-order chi connectivity index (χ0) is 18.0. The molecule has 0 aliphatic carbocycles. The lowest BCUT2D eigenvalue weighted by atomic mass is 10.1. The second-order valence-corrected chi connectivity index (χ2v) is 6.21. The van der Waals surface area contributed by atoms with Crippen LogP contribution in [-0.2, 0) is 19.2 Å². The Hall–Kier alpha value is -2.90. The van der Waals surface area contributed by atoms with Gasteiger partial charge < -0.3 is 20.2 Å². The molecule has 1 unspecified atom stereocenters. The summed E-state index contributed by atoms with van der Waals surface area (Å²) in [6.45, 7) is 0.519. The molecule has 25 heavy (non-hydrogen) atoms. The molecule has 1 aromatic carbocycles. The van der Waals surface area contributed by atoms with Gasteiger partial charge in [0.25, 0.3) is 0 Å². The van der Waals surface area contributed by atoms with Crippen LogP contribution < -0.4 is 10.2 Å². The molecule has 1 saturated heterocycles. The Morgan fingerprint density at radius 3 is 2.60 bits per heavy atom. The number of hydrogen-bond donors (Lipinski definition) is 2. The summed E-state index contributed by atoms with van der Waals surface area (Å²) in [6, 6.07) is 7.00. The maximum Gasteiger partial charge on any atom is 0.308 e. The van der Waals surface area contributed by atoms with Crippen LogP contribution in [0.2, 0.25) is 0 Å². The Bertz CT molecular complexity index is 733. The molecule has 2 aliphatic rings. The van der Waals surface area contributed by atoms with E-state index in [0.717, 1.165) is 0 Å². The number of carboxylic acid groups (broad SMARTS) is 1. The Labute approximate surface area is 144 Å². The Morgan fingerprint density at radius 1 is 1.16 bits per heavy atom. The standard InChI is InChI=1S/C17H19N3O5/c21-14-10-20(13-4-2-1-3-12(13)18-14)16(23)6-5-15(22)19-8-7-11(9-19)17(24)25/h1-4,11H,5-10H2,(H,18,21)(H,24,25). The van der Waals surface area contributed by atoms with Gasteiger partial charge in [-0.3, -0.25) is 19.2 Å². The number of carbonyl (C=O) groups excluding carboxylic acids is 3. The number of aliphatic carboxylic acids is 1. The third kappa shape index (κ3) is 3.62. The number of benzene rings is 1. The number of nitrogens with zero attached hydrogens (tertiary/aromatic N) is 2. The zero-order valence-electron chi connectivity index (χ0n) is 13.6. The molecular formula is C17H19N3O5. The summed E-state index contributed by atoms with van der Waals surface area (Å²) in [6.07, 6.45) is 0.425. The number of likely N-dealkylation sites (tertiary alicyclic amines) is 1. The van der Waals surface area contributed by atoms with Crippen molar-refractivity contribution < 1.29 is 24.3 Å². The van der Waals surface area contributed by atoms with E-state index >= 15 is 0 Å². The van der Waals surface area contributed by atoms with Gasteiger partial charge in [0.05, 0.1) is 17.3 Å². The van der Waals surface area contributed by atoms with Crippen LogP contribution in [-0.4, -0.2) is 53.3 Å². The van der Waals surface area contributed by atoms with Gasteiger partial charge in [-0.2, -0.15) is 0 Å². The van der Waals surface area contributed by atoms with Gasteiger partial charge in [-0.05, 0) is 18.6 Å². The smallest absolute Gasteiger partial charge is 0.308 e. The van der Waals surface area contributed by atoms with Crippen molar-refractivity contribution in [3.63, 3.8) is 0 Å². The molecule has 0 aromatic heterocycles. The minimum atomic E-state index is -0.901. The van der Waals surface area contributed by atoms with Gasteiger partial charge in [-0.15, -0.1) is 0 Å². The SMILES string of the molecule is O=C1CN(C(=O)CCC(=O)N2CCC(C(=O)O)C2)c2ccccc2N1. The van der Waals surface area contributed by atoms with Crippen LogP contribution in [0, 0.1) is 5.92 Å². The molecule has 8 heteroatoms. The molecule has 3 amide bonds. The van der Waals surface area contributed by atoms with Gasteiger partial charge in [0.15, 0.2) is 0 Å². The molecule has 3 rings (SSSR count). The minimum absolute atomic E-state index is 0.00542. The first-order chi connectivity index (χ1) is 12.0. The number of amides is 3. The maximum absolute atomic E-state index is 12.5. The number of hydrogen-bond acceptors (Lipinski definition) is 4. The van der Waals surface area contributed by atoms with Crippen LogP contribution in [0.4, 0.5) is 11.4 Å². The molecule has 132 valence electrons. The summed E-state index contributed by atoms with van der Waals surface area (Å²) < 4.78 is 0. The average Bonchev–Trinajstić information content (AvgIpc) is 3.09. The first-order valence-electron chi connectivity index (χ1n) is 8.15. The third-order valence-electron chi connectivity index (χ3n) is 4.51. The molecule has 0 radical (unpaired) electrons. The Kier molecular flexibility index (Phi) is 4.69. The molecule has 2 aliphatic heterocycles. The summed E-state index contributed by atoms with van der Waals surface area (Å²) in [5.74, 6) is -2.24. The second kappa shape index (κ2) is 6.92. The van der Waals surface area contributed by atoms with Crippen molar-refractivity contribution in [3.05, 3.63) is 24.3 Å². The van der Waals surface area contributed by atoms with Gasteiger partial charge in [-0.1, -0.05) is 12.1 Å². The number of nitrogens with one attached hydrogen (secondary N) is 1. The predicted octanol–water partition coefficient (Wildman–Crippen LogP) is 0.685. The fraction of sp³-hybridized carbons (Fsp3) is 0.412. The number of carbonyl (C=O) groups is 4. The molecule has 0 saturated carbocycles. The number of para-hydroxylation sites is 2. The van der Waals surface area contributed by atoms with Crippen LogP contribution in [0.5, 0.6) is 0 Å². The lowest BCUT2D eigenvalue weighted by Crippen LogP contribution is -2.42. The minimum Gasteiger partial charge on any atom is -0.481 e. The Morgan fingerprint density at radius 2 is 1.88 bits per heavy atom. The molecule has 1 aromatic rings. The molecule has 8 nitrogen and oxygen atoms in total. The maximum atomic E-state index is 12.5.